The van der Waals surface area contributed by atoms with E-state index in [1.165, 1.54) is 0 Å². The standard InChI is InChI=1S/C22H35N3O3/c1-16(2)10-13-25-14-12-24-22(27)20(25)15-21(26)23-11-9-18-5-7-19(8-6-18)28-17(3)4/h5-8,16-17,20H,9-15H2,1-4H3,(H,23,26)(H,24,27). The van der Waals surface area contributed by atoms with Crippen molar-refractivity contribution in [2.24, 2.45) is 5.92 Å². The molecule has 1 fully saturated rings. The molecular formula is C22H35N3O3. The Bertz CT molecular complexity index is 628. The molecule has 1 aliphatic rings. The molecule has 1 unspecified atom stereocenters. The first-order valence-electron chi connectivity index (χ1n) is 10.4. The smallest absolute Gasteiger partial charge is 0.237 e. The van der Waals surface area contributed by atoms with Gasteiger partial charge in [-0.3, -0.25) is 14.5 Å². The van der Waals surface area contributed by atoms with Crippen molar-refractivity contribution >= 4 is 11.8 Å². The Morgan fingerprint density at radius 3 is 2.61 bits per heavy atom. The van der Waals surface area contributed by atoms with Crippen molar-refractivity contribution in [1.29, 1.82) is 0 Å². The van der Waals surface area contributed by atoms with Crippen LogP contribution in [0.5, 0.6) is 5.75 Å². The number of benzene rings is 1. The molecule has 2 rings (SSSR count). The van der Waals surface area contributed by atoms with Crippen LogP contribution in [0.2, 0.25) is 0 Å². The fourth-order valence-corrected chi connectivity index (χ4v) is 3.28. The second-order valence-electron chi connectivity index (χ2n) is 8.14. The van der Waals surface area contributed by atoms with Gasteiger partial charge in [0.25, 0.3) is 0 Å². The molecule has 1 saturated heterocycles. The largest absolute Gasteiger partial charge is 0.491 e. The number of ether oxygens (including phenoxy) is 1. The maximum atomic E-state index is 12.4. The van der Waals surface area contributed by atoms with E-state index in [0.717, 1.165) is 37.2 Å². The van der Waals surface area contributed by atoms with Gasteiger partial charge in [0.1, 0.15) is 5.75 Å². The van der Waals surface area contributed by atoms with Crippen molar-refractivity contribution < 1.29 is 14.3 Å². The molecule has 6 nitrogen and oxygen atoms in total. The number of carbonyl (C=O) groups is 2. The van der Waals surface area contributed by atoms with Crippen molar-refractivity contribution in [2.75, 3.05) is 26.2 Å². The summed E-state index contributed by atoms with van der Waals surface area (Å²) in [5.41, 5.74) is 1.14. The van der Waals surface area contributed by atoms with Gasteiger partial charge < -0.3 is 15.4 Å². The van der Waals surface area contributed by atoms with Crippen molar-refractivity contribution in [2.45, 2.75) is 59.1 Å². The zero-order chi connectivity index (χ0) is 20.5. The van der Waals surface area contributed by atoms with Gasteiger partial charge in [0.2, 0.25) is 11.8 Å². The number of hydrogen-bond acceptors (Lipinski definition) is 4. The van der Waals surface area contributed by atoms with Gasteiger partial charge in [-0.2, -0.15) is 0 Å². The number of rotatable bonds is 10. The molecule has 28 heavy (non-hydrogen) atoms. The lowest BCUT2D eigenvalue weighted by Gasteiger charge is -2.35. The summed E-state index contributed by atoms with van der Waals surface area (Å²) < 4.78 is 5.64. The van der Waals surface area contributed by atoms with Crippen LogP contribution in [0.4, 0.5) is 0 Å². The van der Waals surface area contributed by atoms with E-state index in [2.05, 4.69) is 29.4 Å². The first-order chi connectivity index (χ1) is 13.3. The topological polar surface area (TPSA) is 70.7 Å². The molecule has 1 aliphatic heterocycles. The monoisotopic (exact) mass is 389 g/mol. The molecule has 0 aromatic heterocycles. The van der Waals surface area contributed by atoms with Gasteiger partial charge in [0.05, 0.1) is 18.6 Å². The van der Waals surface area contributed by atoms with Crippen molar-refractivity contribution in [3.05, 3.63) is 29.8 Å². The average Bonchev–Trinajstić information content (AvgIpc) is 2.63. The molecule has 0 spiro atoms. The van der Waals surface area contributed by atoms with Crippen molar-refractivity contribution in [3.8, 4) is 5.75 Å². The molecule has 1 atom stereocenters. The highest BCUT2D eigenvalue weighted by molar-refractivity contribution is 5.88. The zero-order valence-electron chi connectivity index (χ0n) is 17.7. The van der Waals surface area contributed by atoms with Crippen LogP contribution in [0.3, 0.4) is 0 Å². The molecule has 1 aromatic rings. The van der Waals surface area contributed by atoms with Crippen LogP contribution in [0.25, 0.3) is 0 Å². The van der Waals surface area contributed by atoms with Gasteiger partial charge in [0, 0.05) is 19.6 Å². The Kier molecular flexibility index (Phi) is 8.77. The Hall–Kier alpha value is -2.08. The molecule has 2 amide bonds. The van der Waals surface area contributed by atoms with Crippen LogP contribution in [0, 0.1) is 5.92 Å². The third-order valence-electron chi connectivity index (χ3n) is 4.85. The molecule has 0 aliphatic carbocycles. The minimum atomic E-state index is -0.361. The molecule has 0 radical (unpaired) electrons. The van der Waals surface area contributed by atoms with Crippen LogP contribution < -0.4 is 15.4 Å². The average molecular weight is 390 g/mol. The predicted octanol–water partition coefficient (Wildman–Crippen LogP) is 2.37. The van der Waals surface area contributed by atoms with E-state index in [4.69, 9.17) is 4.74 Å². The molecule has 1 heterocycles. The van der Waals surface area contributed by atoms with Gasteiger partial charge in [-0.05, 0) is 56.8 Å². The molecule has 6 heteroatoms. The quantitative estimate of drug-likeness (QED) is 0.645. The highest BCUT2D eigenvalue weighted by Crippen LogP contribution is 2.14. The van der Waals surface area contributed by atoms with Gasteiger partial charge >= 0.3 is 0 Å². The zero-order valence-corrected chi connectivity index (χ0v) is 17.7. The number of nitrogens with one attached hydrogen (secondary N) is 2. The summed E-state index contributed by atoms with van der Waals surface area (Å²) in [6.45, 7) is 11.2. The second kappa shape index (κ2) is 11.1. The summed E-state index contributed by atoms with van der Waals surface area (Å²) in [6.07, 6.45) is 2.15. The molecule has 0 saturated carbocycles. The Labute approximate surface area is 169 Å². The van der Waals surface area contributed by atoms with Crippen LogP contribution in [0.15, 0.2) is 24.3 Å². The molecule has 0 bridgehead atoms. The van der Waals surface area contributed by atoms with Crippen molar-refractivity contribution in [1.82, 2.24) is 15.5 Å². The van der Waals surface area contributed by atoms with E-state index >= 15 is 0 Å². The number of nitrogens with zero attached hydrogens (tertiary/aromatic N) is 1. The van der Waals surface area contributed by atoms with E-state index in [0.29, 0.717) is 19.0 Å². The van der Waals surface area contributed by atoms with Gasteiger partial charge in [-0.15, -0.1) is 0 Å². The van der Waals surface area contributed by atoms with E-state index < -0.39 is 0 Å². The fraction of sp³-hybridized carbons (Fsp3) is 0.636. The summed E-state index contributed by atoms with van der Waals surface area (Å²) in [6, 6.07) is 7.59. The van der Waals surface area contributed by atoms with E-state index in [9.17, 15) is 9.59 Å². The molecule has 1 aromatic carbocycles. The van der Waals surface area contributed by atoms with Crippen LogP contribution in [-0.4, -0.2) is 55.0 Å². The second-order valence-corrected chi connectivity index (χ2v) is 8.14. The van der Waals surface area contributed by atoms with Crippen LogP contribution >= 0.6 is 0 Å². The summed E-state index contributed by atoms with van der Waals surface area (Å²) in [7, 11) is 0. The van der Waals surface area contributed by atoms with Gasteiger partial charge in [0.15, 0.2) is 0 Å². The summed E-state index contributed by atoms with van der Waals surface area (Å²) in [4.78, 5) is 26.8. The number of piperazine rings is 1. The van der Waals surface area contributed by atoms with Gasteiger partial charge in [-0.1, -0.05) is 26.0 Å². The van der Waals surface area contributed by atoms with Gasteiger partial charge in [-0.25, -0.2) is 0 Å². The third-order valence-corrected chi connectivity index (χ3v) is 4.85. The van der Waals surface area contributed by atoms with E-state index in [1.807, 2.05) is 38.1 Å². The predicted molar refractivity (Wildman–Crippen MR) is 111 cm³/mol. The highest BCUT2D eigenvalue weighted by atomic mass is 16.5. The summed E-state index contributed by atoms with van der Waals surface area (Å²) >= 11 is 0. The summed E-state index contributed by atoms with van der Waals surface area (Å²) in [5.74, 6) is 1.33. The number of carbonyl (C=O) groups excluding carboxylic acids is 2. The first kappa shape index (κ1) is 22.2. The van der Waals surface area contributed by atoms with E-state index in [-0.39, 0.29) is 30.4 Å². The number of hydrogen-bond donors (Lipinski definition) is 2. The summed E-state index contributed by atoms with van der Waals surface area (Å²) in [5, 5.41) is 5.84. The lowest BCUT2D eigenvalue weighted by molar-refractivity contribution is -0.134. The minimum absolute atomic E-state index is 0.0362. The normalized spacial score (nSPS) is 17.6. The first-order valence-corrected chi connectivity index (χ1v) is 10.4. The molecular weight excluding hydrogens is 354 g/mol. The third kappa shape index (κ3) is 7.50. The molecule has 2 N–H and O–H groups in total. The lowest BCUT2D eigenvalue weighted by Crippen LogP contribution is -2.56. The lowest BCUT2D eigenvalue weighted by atomic mass is 10.1. The SMILES string of the molecule is CC(C)CCN1CCNC(=O)C1CC(=O)NCCc1ccc(OC(C)C)cc1. The van der Waals surface area contributed by atoms with Crippen molar-refractivity contribution in [3.63, 3.8) is 0 Å². The maximum Gasteiger partial charge on any atom is 0.237 e. The van der Waals surface area contributed by atoms with Crippen LogP contribution in [0.1, 0.15) is 46.1 Å². The Balaban J connectivity index is 1.77. The number of amides is 2. The Morgan fingerprint density at radius 1 is 1.25 bits per heavy atom. The minimum Gasteiger partial charge on any atom is -0.491 e. The fourth-order valence-electron chi connectivity index (χ4n) is 3.28. The highest BCUT2D eigenvalue weighted by Gasteiger charge is 2.31. The maximum absolute atomic E-state index is 12.4. The Morgan fingerprint density at radius 2 is 1.96 bits per heavy atom. The van der Waals surface area contributed by atoms with Crippen LogP contribution in [-0.2, 0) is 16.0 Å². The molecule has 156 valence electrons. The van der Waals surface area contributed by atoms with E-state index in [1.54, 1.807) is 0 Å².